The largest absolute Gasteiger partial charge is 0.439 e. The normalized spacial score (nSPS) is 15.3. The summed E-state index contributed by atoms with van der Waals surface area (Å²) in [5.41, 5.74) is -2.75. The van der Waals surface area contributed by atoms with Crippen molar-refractivity contribution >= 4 is 46.3 Å². The Labute approximate surface area is 237 Å². The summed E-state index contributed by atoms with van der Waals surface area (Å²) in [4.78, 5) is 12.1. The van der Waals surface area contributed by atoms with Gasteiger partial charge in [-0.25, -0.2) is 4.72 Å². The van der Waals surface area contributed by atoms with E-state index in [1.165, 1.54) is 13.8 Å². The number of rotatable bonds is 12. The lowest BCUT2D eigenvalue weighted by molar-refractivity contribution is -0.245. The molecule has 13 nitrogen and oxygen atoms in total. The highest BCUT2D eigenvalue weighted by Gasteiger charge is 2.82. The quantitative estimate of drug-likeness (QED) is 0.163. The highest BCUT2D eigenvalue weighted by Crippen LogP contribution is 2.51. The fourth-order valence-electron chi connectivity index (χ4n) is 3.00. The number of hydrogen-bond acceptors (Lipinski definition) is 10. The lowest BCUT2D eigenvalue weighted by atomic mass is 9.71. The summed E-state index contributed by atoms with van der Waals surface area (Å²) in [6.45, 7) is 6.60. The molecule has 23 heteroatoms. The Bertz CT molecular complexity index is 1670. The van der Waals surface area contributed by atoms with E-state index < -0.39 is 88.9 Å². The van der Waals surface area contributed by atoms with Crippen molar-refractivity contribution in [3.63, 3.8) is 0 Å². The van der Waals surface area contributed by atoms with Crippen LogP contribution < -0.4 is 8.91 Å². The monoisotopic (exact) mass is 701 g/mol. The predicted octanol–water partition coefficient (Wildman–Crippen LogP) is 2.63. The maximum atomic E-state index is 13.9. The average molecular weight is 702 g/mol. The van der Waals surface area contributed by atoms with Crippen LogP contribution in [0.5, 0.6) is 5.75 Å². The summed E-state index contributed by atoms with van der Waals surface area (Å²) < 4.78 is 195. The zero-order valence-electron chi connectivity index (χ0n) is 22.2. The fourth-order valence-corrected chi connectivity index (χ4v) is 6.89. The highest BCUT2D eigenvalue weighted by molar-refractivity contribution is 7.91. The van der Waals surface area contributed by atoms with E-state index in [1.54, 1.807) is 0 Å². The minimum Gasteiger partial charge on any atom is -0.382 e. The molecule has 42 heavy (non-hydrogen) atoms. The summed E-state index contributed by atoms with van der Waals surface area (Å²) in [7, 11) is -24.1. The second-order valence-corrected chi connectivity index (χ2v) is 17.5. The van der Waals surface area contributed by atoms with Crippen LogP contribution in [0.1, 0.15) is 51.9 Å². The first-order chi connectivity index (χ1) is 18.1. The molecule has 0 unspecified atom stereocenters. The summed E-state index contributed by atoms with van der Waals surface area (Å²) in [5, 5.41) is -14.0. The molecule has 0 saturated heterocycles. The minimum atomic E-state index is -7.30. The van der Waals surface area contributed by atoms with Gasteiger partial charge >= 0.3 is 46.7 Å². The number of carbonyl (C=O) groups excluding carboxylic acids is 1. The van der Waals surface area contributed by atoms with Crippen LogP contribution in [0.15, 0.2) is 24.3 Å². The Morgan fingerprint density at radius 3 is 1.45 bits per heavy atom. The van der Waals surface area contributed by atoms with E-state index in [1.807, 2.05) is 0 Å². The zero-order chi connectivity index (χ0) is 34.0. The molecule has 1 amide bonds. The van der Waals surface area contributed by atoms with Crippen LogP contribution in [0.2, 0.25) is 0 Å². The Morgan fingerprint density at radius 2 is 1.10 bits per heavy atom. The van der Waals surface area contributed by atoms with E-state index in [9.17, 15) is 69.4 Å². The van der Waals surface area contributed by atoms with Crippen LogP contribution in [0.3, 0.4) is 0 Å². The molecule has 0 spiro atoms. The van der Waals surface area contributed by atoms with Crippen molar-refractivity contribution in [3.05, 3.63) is 29.8 Å². The van der Waals surface area contributed by atoms with Crippen molar-refractivity contribution in [1.82, 2.24) is 4.72 Å². The SMILES string of the molecule is CC(C)(C(C)(C)S(=O)(=O)O)C(C)(C)S(=O)(=O)Oc1ccc(C(=O)NS(=O)(=O)C(F)(F)C(F)(F)C(F)(F)S(=O)(=O)O)cc1. The lowest BCUT2D eigenvalue weighted by Crippen LogP contribution is -2.63. The molecule has 0 radical (unpaired) electrons. The first-order valence-electron chi connectivity index (χ1n) is 10.7. The molecule has 1 aromatic carbocycles. The number of amides is 1. The second-order valence-electron chi connectivity index (χ2n) is 10.2. The van der Waals surface area contributed by atoms with Crippen LogP contribution in [0, 0.1) is 5.41 Å². The van der Waals surface area contributed by atoms with Gasteiger partial charge in [0.15, 0.2) is 0 Å². The van der Waals surface area contributed by atoms with Crippen molar-refractivity contribution in [2.45, 2.75) is 67.5 Å². The first kappa shape index (κ1) is 37.8. The molecular weight excluding hydrogens is 676 g/mol. The standard InChI is InChI=1S/C19H25F6NO12S4/c1-14(2,15(3,4)40(30,31)32)16(5,6)42(36,37)38-12-9-7-11(8-10-12)13(27)26-39(28,29)18(22,23)17(20,21)19(24,25)41(33,34)35/h7-10H,1-6H3,(H,26,27)(H,30,31,32)(H,33,34,35). The van der Waals surface area contributed by atoms with E-state index in [0.717, 1.165) is 27.7 Å². The summed E-state index contributed by atoms with van der Waals surface area (Å²) in [5.74, 6) is -10.1. The van der Waals surface area contributed by atoms with E-state index in [4.69, 9.17) is 8.74 Å². The van der Waals surface area contributed by atoms with Crippen LogP contribution in [-0.2, 0) is 40.4 Å². The molecule has 0 aromatic heterocycles. The van der Waals surface area contributed by atoms with Crippen LogP contribution in [-0.4, -0.2) is 74.6 Å². The molecule has 0 heterocycles. The molecule has 1 aromatic rings. The molecule has 244 valence electrons. The number of benzene rings is 1. The molecule has 3 N–H and O–H groups in total. The molecule has 0 saturated carbocycles. The van der Waals surface area contributed by atoms with Crippen molar-refractivity contribution in [1.29, 1.82) is 0 Å². The molecular formula is C19H25F6NO12S4. The highest BCUT2D eigenvalue weighted by atomic mass is 32.2. The smallest absolute Gasteiger partial charge is 0.382 e. The molecule has 0 aliphatic carbocycles. The van der Waals surface area contributed by atoms with Gasteiger partial charge in [0.2, 0.25) is 0 Å². The Balaban J connectivity index is 3.35. The maximum Gasteiger partial charge on any atom is 0.439 e. The number of sulfonamides is 1. The van der Waals surface area contributed by atoms with Crippen molar-refractivity contribution in [3.8, 4) is 5.75 Å². The summed E-state index contributed by atoms with van der Waals surface area (Å²) >= 11 is 0. The third-order valence-corrected chi connectivity index (χ3v) is 13.5. The molecule has 0 aliphatic heterocycles. The number of nitrogens with one attached hydrogen (secondary N) is 1. The van der Waals surface area contributed by atoms with Crippen molar-refractivity contribution in [2.24, 2.45) is 5.41 Å². The summed E-state index contributed by atoms with van der Waals surface area (Å²) in [6.07, 6.45) is 0. The van der Waals surface area contributed by atoms with Gasteiger partial charge in [0.1, 0.15) is 10.5 Å². The molecule has 0 aliphatic rings. The Morgan fingerprint density at radius 1 is 0.690 bits per heavy atom. The van der Waals surface area contributed by atoms with E-state index in [0.29, 0.717) is 29.0 Å². The second kappa shape index (κ2) is 10.5. The third kappa shape index (κ3) is 5.81. The lowest BCUT2D eigenvalue weighted by Gasteiger charge is -2.48. The van der Waals surface area contributed by atoms with Crippen LogP contribution in [0.4, 0.5) is 26.3 Å². The topological polar surface area (TPSA) is 215 Å². The predicted molar refractivity (Wildman–Crippen MR) is 132 cm³/mol. The van der Waals surface area contributed by atoms with Crippen LogP contribution >= 0.6 is 0 Å². The number of carbonyl (C=O) groups is 1. The zero-order valence-corrected chi connectivity index (χ0v) is 25.5. The maximum absolute atomic E-state index is 13.9. The summed E-state index contributed by atoms with van der Waals surface area (Å²) in [6, 6.07) is 2.29. The van der Waals surface area contributed by atoms with Gasteiger partial charge in [-0.2, -0.15) is 60.0 Å². The fraction of sp³-hybridized carbons (Fsp3) is 0.632. The minimum absolute atomic E-state index is 0.339. The van der Waals surface area contributed by atoms with Gasteiger partial charge in [-0.3, -0.25) is 13.9 Å². The molecule has 0 bridgehead atoms. The Hall–Kier alpha value is -2.21. The van der Waals surface area contributed by atoms with Gasteiger partial charge in [0.05, 0.1) is 4.75 Å². The van der Waals surface area contributed by atoms with Gasteiger partial charge in [0, 0.05) is 11.0 Å². The Kier molecular flexibility index (Phi) is 9.41. The molecule has 0 atom stereocenters. The van der Waals surface area contributed by atoms with E-state index in [2.05, 4.69) is 0 Å². The van der Waals surface area contributed by atoms with Crippen molar-refractivity contribution in [2.75, 3.05) is 0 Å². The number of alkyl halides is 6. The van der Waals surface area contributed by atoms with Gasteiger partial charge in [0.25, 0.3) is 16.0 Å². The van der Waals surface area contributed by atoms with Crippen LogP contribution in [0.25, 0.3) is 0 Å². The van der Waals surface area contributed by atoms with Gasteiger partial charge < -0.3 is 4.18 Å². The van der Waals surface area contributed by atoms with Crippen molar-refractivity contribution < 1.29 is 78.1 Å². The molecule has 0 fully saturated rings. The number of hydrogen-bond donors (Lipinski definition) is 3. The third-order valence-electron chi connectivity index (χ3n) is 7.22. The van der Waals surface area contributed by atoms with Gasteiger partial charge in [-0.05, 0) is 52.0 Å². The van der Waals surface area contributed by atoms with Gasteiger partial charge in [-0.1, -0.05) is 13.8 Å². The number of halogens is 6. The van der Waals surface area contributed by atoms with E-state index in [-0.39, 0.29) is 0 Å². The average Bonchev–Trinajstić information content (AvgIpc) is 2.76. The van der Waals surface area contributed by atoms with Gasteiger partial charge in [-0.15, -0.1) is 0 Å². The van der Waals surface area contributed by atoms with E-state index >= 15 is 0 Å². The first-order valence-corrected chi connectivity index (χ1v) is 16.5. The molecule has 1 rings (SSSR count).